The monoisotopic (exact) mass is 360 g/mol. The summed E-state index contributed by atoms with van der Waals surface area (Å²) in [5.41, 5.74) is 2.82. The molecule has 0 aliphatic carbocycles. The molecule has 1 amide bonds. The first-order valence-corrected chi connectivity index (χ1v) is 9.12. The zero-order chi connectivity index (χ0) is 18.6. The number of aromatic nitrogens is 1. The smallest absolute Gasteiger partial charge is 0.298 e. The molecule has 27 heavy (non-hydrogen) atoms. The lowest BCUT2D eigenvalue weighted by Gasteiger charge is -2.30. The van der Waals surface area contributed by atoms with Gasteiger partial charge in [-0.3, -0.25) is 4.79 Å². The van der Waals surface area contributed by atoms with Gasteiger partial charge < -0.3 is 14.6 Å². The fourth-order valence-corrected chi connectivity index (χ4v) is 3.36. The predicted octanol–water partition coefficient (Wildman–Crippen LogP) is 3.35. The van der Waals surface area contributed by atoms with Crippen molar-refractivity contribution >= 4 is 23.0 Å². The van der Waals surface area contributed by atoms with E-state index in [0.29, 0.717) is 29.6 Å². The molecule has 1 N–H and O–H groups in total. The summed E-state index contributed by atoms with van der Waals surface area (Å²) < 4.78 is 5.84. The number of hydrogen-bond donors (Lipinski definition) is 1. The number of carbonyl (C=O) groups excluding carboxylic acids is 1. The van der Waals surface area contributed by atoms with Crippen molar-refractivity contribution in [1.82, 2.24) is 10.3 Å². The summed E-state index contributed by atoms with van der Waals surface area (Å²) in [5.74, 6) is 0.342. The Balaban J connectivity index is 1.29. The number of carbonyl (C=O) groups is 1. The van der Waals surface area contributed by atoms with Crippen LogP contribution in [0.25, 0.3) is 11.1 Å². The van der Waals surface area contributed by atoms with Crippen LogP contribution in [-0.2, 0) is 0 Å². The molecule has 1 aliphatic heterocycles. The van der Waals surface area contributed by atoms with Crippen molar-refractivity contribution in [2.75, 3.05) is 24.5 Å². The number of fused-ring (bicyclic) bond motifs is 1. The van der Waals surface area contributed by atoms with Crippen LogP contribution in [0.3, 0.4) is 0 Å². The van der Waals surface area contributed by atoms with Crippen LogP contribution in [0.4, 0.5) is 6.01 Å². The molecule has 136 valence electrons. The Morgan fingerprint density at radius 3 is 2.63 bits per heavy atom. The SMILES string of the molecule is N#Cc1ccc(C(=O)NCC2CCN(c3nc4ccccc4o3)CC2)cc1. The van der Waals surface area contributed by atoms with Crippen LogP contribution >= 0.6 is 0 Å². The lowest BCUT2D eigenvalue weighted by Crippen LogP contribution is -2.38. The van der Waals surface area contributed by atoms with Gasteiger partial charge in [0.1, 0.15) is 5.52 Å². The second-order valence-corrected chi connectivity index (χ2v) is 6.79. The number of hydrogen-bond acceptors (Lipinski definition) is 5. The molecular formula is C21H20N4O2. The van der Waals surface area contributed by atoms with E-state index in [9.17, 15) is 4.79 Å². The van der Waals surface area contributed by atoms with Gasteiger partial charge in [-0.15, -0.1) is 0 Å². The summed E-state index contributed by atoms with van der Waals surface area (Å²) >= 11 is 0. The predicted molar refractivity (Wildman–Crippen MR) is 102 cm³/mol. The van der Waals surface area contributed by atoms with Crippen LogP contribution in [0.1, 0.15) is 28.8 Å². The molecule has 6 nitrogen and oxygen atoms in total. The fraction of sp³-hybridized carbons (Fsp3) is 0.286. The number of piperidine rings is 1. The molecular weight excluding hydrogens is 340 g/mol. The number of amides is 1. The Labute approximate surface area is 157 Å². The molecule has 1 saturated heterocycles. The average molecular weight is 360 g/mol. The van der Waals surface area contributed by atoms with E-state index in [1.165, 1.54) is 0 Å². The van der Waals surface area contributed by atoms with E-state index in [0.717, 1.165) is 37.0 Å². The van der Waals surface area contributed by atoms with Gasteiger partial charge in [0.2, 0.25) is 0 Å². The summed E-state index contributed by atoms with van der Waals surface area (Å²) in [6.07, 6.45) is 1.96. The van der Waals surface area contributed by atoms with Gasteiger partial charge >= 0.3 is 0 Å². The maximum atomic E-state index is 12.2. The molecule has 6 heteroatoms. The highest BCUT2D eigenvalue weighted by Crippen LogP contribution is 2.26. The van der Waals surface area contributed by atoms with Gasteiger partial charge in [0, 0.05) is 25.2 Å². The molecule has 0 radical (unpaired) electrons. The van der Waals surface area contributed by atoms with Gasteiger partial charge in [0.25, 0.3) is 11.9 Å². The number of para-hydroxylation sites is 2. The number of oxazole rings is 1. The van der Waals surface area contributed by atoms with E-state index in [4.69, 9.17) is 9.68 Å². The maximum absolute atomic E-state index is 12.2. The summed E-state index contributed by atoms with van der Waals surface area (Å²) in [5, 5.41) is 11.8. The zero-order valence-electron chi connectivity index (χ0n) is 14.9. The molecule has 1 aromatic heterocycles. The van der Waals surface area contributed by atoms with Gasteiger partial charge in [0.15, 0.2) is 5.58 Å². The van der Waals surface area contributed by atoms with Gasteiger partial charge in [-0.1, -0.05) is 12.1 Å². The van der Waals surface area contributed by atoms with E-state index in [-0.39, 0.29) is 5.91 Å². The van der Waals surface area contributed by atoms with Gasteiger partial charge in [-0.25, -0.2) is 0 Å². The van der Waals surface area contributed by atoms with Gasteiger partial charge in [-0.05, 0) is 55.2 Å². The Morgan fingerprint density at radius 2 is 1.93 bits per heavy atom. The van der Waals surface area contributed by atoms with E-state index < -0.39 is 0 Å². The Hall–Kier alpha value is -3.33. The van der Waals surface area contributed by atoms with Crippen LogP contribution in [0.2, 0.25) is 0 Å². The molecule has 0 saturated carbocycles. The van der Waals surface area contributed by atoms with Crippen molar-refractivity contribution in [3.05, 3.63) is 59.7 Å². The van der Waals surface area contributed by atoms with Crippen LogP contribution in [-0.4, -0.2) is 30.5 Å². The Kier molecular flexibility index (Phi) is 4.75. The zero-order valence-corrected chi connectivity index (χ0v) is 14.9. The minimum absolute atomic E-state index is 0.0964. The van der Waals surface area contributed by atoms with Crippen LogP contribution in [0.5, 0.6) is 0 Å². The minimum atomic E-state index is -0.0964. The van der Waals surface area contributed by atoms with Crippen molar-refractivity contribution in [2.24, 2.45) is 5.92 Å². The number of rotatable bonds is 4. The summed E-state index contributed by atoms with van der Waals surface area (Å²) in [6, 6.07) is 17.2. The number of nitrogens with zero attached hydrogens (tertiary/aromatic N) is 3. The highest BCUT2D eigenvalue weighted by Gasteiger charge is 2.23. The van der Waals surface area contributed by atoms with Crippen molar-refractivity contribution in [3.63, 3.8) is 0 Å². The molecule has 0 unspecified atom stereocenters. The van der Waals surface area contributed by atoms with E-state index in [2.05, 4.69) is 21.3 Å². The topological polar surface area (TPSA) is 82.2 Å². The standard InChI is InChI=1S/C21H20N4O2/c22-13-15-5-7-17(8-6-15)20(26)23-14-16-9-11-25(12-10-16)21-24-18-3-1-2-4-19(18)27-21/h1-8,16H,9-12,14H2,(H,23,26). The third kappa shape index (κ3) is 3.77. The molecule has 0 spiro atoms. The highest BCUT2D eigenvalue weighted by molar-refractivity contribution is 5.94. The molecule has 2 heterocycles. The largest absolute Gasteiger partial charge is 0.423 e. The summed E-state index contributed by atoms with van der Waals surface area (Å²) in [4.78, 5) is 19.0. The van der Waals surface area contributed by atoms with Crippen LogP contribution < -0.4 is 10.2 Å². The molecule has 0 atom stereocenters. The molecule has 1 aliphatic rings. The van der Waals surface area contributed by atoms with E-state index in [1.54, 1.807) is 24.3 Å². The lowest BCUT2D eigenvalue weighted by atomic mass is 9.97. The molecule has 2 aromatic carbocycles. The van der Waals surface area contributed by atoms with Crippen LogP contribution in [0, 0.1) is 17.2 Å². The van der Waals surface area contributed by atoms with E-state index >= 15 is 0 Å². The maximum Gasteiger partial charge on any atom is 0.298 e. The second kappa shape index (κ2) is 7.50. The van der Waals surface area contributed by atoms with Gasteiger partial charge in [0.05, 0.1) is 11.6 Å². The average Bonchev–Trinajstić information content (AvgIpc) is 3.17. The molecule has 1 fully saturated rings. The third-order valence-electron chi connectivity index (χ3n) is 5.00. The normalized spacial score (nSPS) is 14.9. The first-order chi connectivity index (χ1) is 13.2. The van der Waals surface area contributed by atoms with Crippen LogP contribution in [0.15, 0.2) is 52.9 Å². The van der Waals surface area contributed by atoms with E-state index in [1.807, 2.05) is 24.3 Å². The molecule has 0 bridgehead atoms. The Bertz CT molecular complexity index is 946. The first-order valence-electron chi connectivity index (χ1n) is 9.12. The Morgan fingerprint density at radius 1 is 1.19 bits per heavy atom. The second-order valence-electron chi connectivity index (χ2n) is 6.79. The minimum Gasteiger partial charge on any atom is -0.423 e. The number of anilines is 1. The van der Waals surface area contributed by atoms with Crippen molar-refractivity contribution in [3.8, 4) is 6.07 Å². The fourth-order valence-electron chi connectivity index (χ4n) is 3.36. The van der Waals surface area contributed by atoms with Crippen molar-refractivity contribution < 1.29 is 9.21 Å². The quantitative estimate of drug-likeness (QED) is 0.771. The molecule has 3 aromatic rings. The number of benzene rings is 2. The number of nitriles is 1. The van der Waals surface area contributed by atoms with Crippen molar-refractivity contribution in [2.45, 2.75) is 12.8 Å². The summed E-state index contributed by atoms with van der Waals surface area (Å²) in [6.45, 7) is 2.38. The third-order valence-corrected chi connectivity index (χ3v) is 5.00. The number of nitrogens with one attached hydrogen (secondary N) is 1. The summed E-state index contributed by atoms with van der Waals surface area (Å²) in [7, 11) is 0. The van der Waals surface area contributed by atoms with Crippen molar-refractivity contribution in [1.29, 1.82) is 5.26 Å². The highest BCUT2D eigenvalue weighted by atomic mass is 16.4. The lowest BCUT2D eigenvalue weighted by molar-refractivity contribution is 0.0944. The first kappa shape index (κ1) is 17.1. The van der Waals surface area contributed by atoms with Gasteiger partial charge in [-0.2, -0.15) is 10.2 Å². The molecule has 4 rings (SSSR count).